The zero-order valence-corrected chi connectivity index (χ0v) is 14.7. The molecule has 0 unspecified atom stereocenters. The average molecular weight is 373 g/mol. The number of aliphatic hydroxyl groups is 2. The Kier molecular flexibility index (Phi) is 4.77. The Bertz CT molecular complexity index is 904. The van der Waals surface area contributed by atoms with Gasteiger partial charge in [0.15, 0.2) is 5.65 Å². The minimum absolute atomic E-state index is 0.159. The Morgan fingerprint density at radius 2 is 2.08 bits per heavy atom. The number of hydrogen-bond donors (Lipinski definition) is 3. The van der Waals surface area contributed by atoms with Crippen LogP contribution in [-0.2, 0) is 10.5 Å². The van der Waals surface area contributed by atoms with Crippen molar-refractivity contribution in [2.75, 3.05) is 12.3 Å². The van der Waals surface area contributed by atoms with Crippen molar-refractivity contribution in [3.05, 3.63) is 42.2 Å². The van der Waals surface area contributed by atoms with Gasteiger partial charge in [-0.2, -0.15) is 4.98 Å². The highest BCUT2D eigenvalue weighted by Gasteiger charge is 2.35. The molecule has 0 amide bonds. The van der Waals surface area contributed by atoms with Crippen LogP contribution in [0.15, 0.2) is 41.7 Å². The van der Waals surface area contributed by atoms with Crippen molar-refractivity contribution in [2.24, 2.45) is 0 Å². The summed E-state index contributed by atoms with van der Waals surface area (Å²) in [7, 11) is 0. The first kappa shape index (κ1) is 17.2. The van der Waals surface area contributed by atoms with Crippen LogP contribution in [0.25, 0.3) is 11.2 Å². The van der Waals surface area contributed by atoms with Gasteiger partial charge >= 0.3 is 0 Å². The fraction of sp³-hybridized carbons (Fsp3) is 0.353. The molecule has 0 radical (unpaired) electrons. The molecule has 1 fully saturated rings. The number of nitrogen functional groups attached to an aromatic ring is 1. The zero-order chi connectivity index (χ0) is 18.1. The molecule has 4 N–H and O–H groups in total. The van der Waals surface area contributed by atoms with E-state index in [1.54, 1.807) is 22.7 Å². The van der Waals surface area contributed by atoms with E-state index in [1.807, 2.05) is 18.2 Å². The lowest BCUT2D eigenvalue weighted by Gasteiger charge is -2.13. The Labute approximate surface area is 154 Å². The van der Waals surface area contributed by atoms with E-state index in [0.717, 1.165) is 5.75 Å². The molecular weight excluding hydrogens is 354 g/mol. The normalized spacial score (nSPS) is 22.9. The summed E-state index contributed by atoms with van der Waals surface area (Å²) in [6.07, 6.45) is 0.181. The average Bonchev–Trinajstić information content (AvgIpc) is 3.23. The van der Waals surface area contributed by atoms with Crippen LogP contribution in [0.2, 0.25) is 0 Å². The maximum absolute atomic E-state index is 9.97. The van der Waals surface area contributed by atoms with E-state index in [4.69, 9.17) is 10.5 Å². The highest BCUT2D eigenvalue weighted by atomic mass is 32.2. The number of thioether (sulfide) groups is 1. The lowest BCUT2D eigenvalue weighted by molar-refractivity contribution is -0.0432. The lowest BCUT2D eigenvalue weighted by Crippen LogP contribution is -2.24. The first-order valence-corrected chi connectivity index (χ1v) is 9.25. The summed E-state index contributed by atoms with van der Waals surface area (Å²) >= 11 is 1.54. The molecule has 3 atom stereocenters. The number of rotatable bonds is 5. The van der Waals surface area contributed by atoms with E-state index < -0.39 is 18.4 Å². The number of hydrogen-bond acceptors (Lipinski definition) is 8. The molecule has 1 saturated heterocycles. The predicted molar refractivity (Wildman–Crippen MR) is 97.4 cm³/mol. The number of nitrogens with zero attached hydrogens (tertiary/aromatic N) is 4. The van der Waals surface area contributed by atoms with Crippen LogP contribution in [0.1, 0.15) is 18.2 Å². The number of anilines is 1. The number of aliphatic hydroxyl groups excluding tert-OH is 2. The van der Waals surface area contributed by atoms with E-state index in [9.17, 15) is 10.2 Å². The van der Waals surface area contributed by atoms with Crippen molar-refractivity contribution in [1.82, 2.24) is 19.5 Å². The smallest absolute Gasteiger partial charge is 0.223 e. The van der Waals surface area contributed by atoms with Crippen molar-refractivity contribution in [3.8, 4) is 0 Å². The van der Waals surface area contributed by atoms with Gasteiger partial charge in [-0.05, 0) is 5.56 Å². The summed E-state index contributed by atoms with van der Waals surface area (Å²) < 4.78 is 7.43. The zero-order valence-electron chi connectivity index (χ0n) is 13.9. The molecule has 4 rings (SSSR count). The molecule has 1 aliphatic heterocycles. The van der Waals surface area contributed by atoms with Gasteiger partial charge in [-0.25, -0.2) is 9.97 Å². The van der Waals surface area contributed by atoms with E-state index in [2.05, 4.69) is 27.1 Å². The second-order valence-electron chi connectivity index (χ2n) is 6.10. The lowest BCUT2D eigenvalue weighted by atomic mass is 10.2. The highest BCUT2D eigenvalue weighted by Crippen LogP contribution is 2.33. The topological polar surface area (TPSA) is 119 Å². The van der Waals surface area contributed by atoms with Gasteiger partial charge in [0.1, 0.15) is 22.9 Å². The molecule has 136 valence electrons. The molecular formula is C17H19N5O3S. The number of benzene rings is 1. The fourth-order valence-electron chi connectivity index (χ4n) is 2.99. The second-order valence-corrected chi connectivity index (χ2v) is 7.06. The Hall–Kier alpha value is -2.20. The summed E-state index contributed by atoms with van der Waals surface area (Å²) in [5.41, 5.74) is 8.27. The van der Waals surface area contributed by atoms with Gasteiger partial charge in [-0.1, -0.05) is 42.1 Å². The first-order chi connectivity index (χ1) is 12.7. The van der Waals surface area contributed by atoms with Crippen molar-refractivity contribution in [1.29, 1.82) is 0 Å². The Balaban J connectivity index is 1.63. The highest BCUT2D eigenvalue weighted by molar-refractivity contribution is 7.98. The summed E-state index contributed by atoms with van der Waals surface area (Å²) in [5, 5.41) is 19.9. The maximum atomic E-state index is 9.97. The van der Waals surface area contributed by atoms with Gasteiger partial charge < -0.3 is 20.7 Å². The third-order valence-corrected chi connectivity index (χ3v) is 5.36. The van der Waals surface area contributed by atoms with Crippen LogP contribution in [-0.4, -0.2) is 48.5 Å². The van der Waals surface area contributed by atoms with Crippen molar-refractivity contribution in [2.45, 2.75) is 35.6 Å². The SMILES string of the molecule is Nc1nc(SCc2ccccc2)c2ncn([C@@H]3C[C@H](O)[C@@H](CO)O3)c2n1. The molecule has 8 nitrogen and oxygen atoms in total. The molecule has 9 heteroatoms. The van der Waals surface area contributed by atoms with Crippen LogP contribution in [0.3, 0.4) is 0 Å². The van der Waals surface area contributed by atoms with Gasteiger partial charge in [-0.3, -0.25) is 4.57 Å². The standard InChI is InChI=1S/C17H19N5O3S/c18-17-20-15-14(16(21-17)26-8-10-4-2-1-3-5-10)19-9-22(15)13-6-11(24)12(7-23)25-13/h1-5,9,11-13,23-24H,6-8H2,(H2,18,20,21)/t11-,12+,13-/m0/s1. The van der Waals surface area contributed by atoms with E-state index in [0.29, 0.717) is 22.6 Å². The summed E-state index contributed by atoms with van der Waals surface area (Å²) in [4.78, 5) is 13.1. The summed E-state index contributed by atoms with van der Waals surface area (Å²) in [5.74, 6) is 0.900. The summed E-state index contributed by atoms with van der Waals surface area (Å²) in [6.45, 7) is -0.237. The van der Waals surface area contributed by atoms with E-state index in [1.165, 1.54) is 5.56 Å². The molecule has 0 bridgehead atoms. The van der Waals surface area contributed by atoms with Gasteiger partial charge in [0.25, 0.3) is 0 Å². The molecule has 1 aromatic carbocycles. The molecule has 0 spiro atoms. The second kappa shape index (κ2) is 7.20. The molecule has 0 saturated carbocycles. The van der Waals surface area contributed by atoms with Crippen LogP contribution in [0, 0.1) is 0 Å². The first-order valence-electron chi connectivity index (χ1n) is 8.27. The molecule has 2 aromatic heterocycles. The van der Waals surface area contributed by atoms with Gasteiger partial charge in [-0.15, -0.1) is 0 Å². The minimum Gasteiger partial charge on any atom is -0.394 e. The van der Waals surface area contributed by atoms with Gasteiger partial charge in [0.05, 0.1) is 19.0 Å². The number of ether oxygens (including phenoxy) is 1. The monoisotopic (exact) mass is 373 g/mol. The van der Waals surface area contributed by atoms with Crippen molar-refractivity contribution in [3.63, 3.8) is 0 Å². The van der Waals surface area contributed by atoms with Gasteiger partial charge in [0, 0.05) is 12.2 Å². The Morgan fingerprint density at radius 1 is 1.27 bits per heavy atom. The quantitative estimate of drug-likeness (QED) is 0.453. The van der Waals surface area contributed by atoms with Crippen molar-refractivity contribution < 1.29 is 14.9 Å². The number of imidazole rings is 1. The molecule has 0 aliphatic carbocycles. The maximum Gasteiger partial charge on any atom is 0.223 e. The van der Waals surface area contributed by atoms with Crippen molar-refractivity contribution >= 4 is 28.9 Å². The number of aromatic nitrogens is 4. The van der Waals surface area contributed by atoms with Crippen LogP contribution < -0.4 is 5.73 Å². The Morgan fingerprint density at radius 3 is 2.81 bits per heavy atom. The largest absolute Gasteiger partial charge is 0.394 e. The van der Waals surface area contributed by atoms with E-state index >= 15 is 0 Å². The predicted octanol–water partition coefficient (Wildman–Crippen LogP) is 1.34. The fourth-order valence-corrected chi connectivity index (χ4v) is 3.93. The van der Waals surface area contributed by atoms with Gasteiger partial charge in [0.2, 0.25) is 5.95 Å². The number of nitrogens with two attached hydrogens (primary N) is 1. The minimum atomic E-state index is -0.728. The molecule has 3 heterocycles. The molecule has 1 aliphatic rings. The van der Waals surface area contributed by atoms with Crippen LogP contribution in [0.4, 0.5) is 5.95 Å². The van der Waals surface area contributed by atoms with E-state index in [-0.39, 0.29) is 12.6 Å². The molecule has 26 heavy (non-hydrogen) atoms. The molecule has 3 aromatic rings. The van der Waals surface area contributed by atoms with Crippen LogP contribution in [0.5, 0.6) is 0 Å². The van der Waals surface area contributed by atoms with Crippen LogP contribution >= 0.6 is 11.8 Å². The number of fused-ring (bicyclic) bond motifs is 1. The third-order valence-electron chi connectivity index (χ3n) is 4.32. The third kappa shape index (κ3) is 3.26. The summed E-state index contributed by atoms with van der Waals surface area (Å²) in [6, 6.07) is 10.1.